The zero-order valence-electron chi connectivity index (χ0n) is 11.8. The molecule has 1 aliphatic heterocycles. The fourth-order valence-electron chi connectivity index (χ4n) is 2.35. The number of hydrogen-bond donors (Lipinski definition) is 1. The number of piperazine rings is 1. The molecule has 0 unspecified atom stereocenters. The standard InChI is InChI=1S/C13H18N4O3.ClH/c1-14-10-13(18)16-8-6-15(7-9-16)11-4-2-3-5-12(11)17(19)20;/h2-5,14H,6-10H2,1H3;1H. The molecular formula is C13H19ClN4O3. The van der Waals surface area contributed by atoms with Gasteiger partial charge in [-0.1, -0.05) is 12.1 Å². The van der Waals surface area contributed by atoms with Crippen LogP contribution in [0, 0.1) is 10.1 Å². The van der Waals surface area contributed by atoms with Crippen LogP contribution in [0.4, 0.5) is 11.4 Å². The first-order chi connectivity index (χ1) is 9.63. The lowest BCUT2D eigenvalue weighted by Gasteiger charge is -2.35. The summed E-state index contributed by atoms with van der Waals surface area (Å²) in [6.07, 6.45) is 0. The fourth-order valence-corrected chi connectivity index (χ4v) is 2.35. The second-order valence-electron chi connectivity index (χ2n) is 4.64. The highest BCUT2D eigenvalue weighted by Crippen LogP contribution is 2.28. The number of nitro benzene ring substituents is 1. The number of anilines is 1. The number of amides is 1. The van der Waals surface area contributed by atoms with Gasteiger partial charge in [0, 0.05) is 32.2 Å². The lowest BCUT2D eigenvalue weighted by molar-refractivity contribution is -0.384. The normalized spacial score (nSPS) is 14.5. The molecule has 0 aromatic heterocycles. The Balaban J connectivity index is 0.00000220. The molecule has 1 saturated heterocycles. The molecule has 0 spiro atoms. The Kier molecular flexibility index (Phi) is 6.39. The van der Waals surface area contributed by atoms with Crippen molar-refractivity contribution in [1.82, 2.24) is 10.2 Å². The van der Waals surface area contributed by atoms with Crippen LogP contribution >= 0.6 is 12.4 Å². The number of para-hydroxylation sites is 2. The molecule has 0 bridgehead atoms. The summed E-state index contributed by atoms with van der Waals surface area (Å²) in [5, 5.41) is 13.9. The van der Waals surface area contributed by atoms with Gasteiger partial charge in [-0.2, -0.15) is 0 Å². The van der Waals surface area contributed by atoms with E-state index in [1.54, 1.807) is 30.1 Å². The van der Waals surface area contributed by atoms with E-state index in [0.29, 0.717) is 38.4 Å². The number of nitro groups is 1. The summed E-state index contributed by atoms with van der Waals surface area (Å²) in [4.78, 5) is 26.2. The monoisotopic (exact) mass is 314 g/mol. The van der Waals surface area contributed by atoms with E-state index in [2.05, 4.69) is 5.32 Å². The SMILES string of the molecule is CNCC(=O)N1CCN(c2ccccc2[N+](=O)[O-])CC1.Cl. The quantitative estimate of drug-likeness (QED) is 0.659. The lowest BCUT2D eigenvalue weighted by Crippen LogP contribution is -2.50. The molecule has 0 radical (unpaired) electrons. The largest absolute Gasteiger partial charge is 0.362 e. The third-order valence-electron chi connectivity index (χ3n) is 3.38. The van der Waals surface area contributed by atoms with Gasteiger partial charge in [-0.15, -0.1) is 12.4 Å². The van der Waals surface area contributed by atoms with Crippen LogP contribution in [0.2, 0.25) is 0 Å². The van der Waals surface area contributed by atoms with Crippen LogP contribution < -0.4 is 10.2 Å². The zero-order chi connectivity index (χ0) is 14.5. The van der Waals surface area contributed by atoms with E-state index < -0.39 is 0 Å². The molecule has 0 aliphatic carbocycles. The van der Waals surface area contributed by atoms with Crippen molar-refractivity contribution < 1.29 is 9.72 Å². The minimum atomic E-state index is -0.367. The molecule has 0 saturated carbocycles. The molecule has 1 fully saturated rings. The molecule has 2 rings (SSSR count). The van der Waals surface area contributed by atoms with E-state index in [1.807, 2.05) is 4.90 Å². The summed E-state index contributed by atoms with van der Waals surface area (Å²) in [5.41, 5.74) is 0.737. The van der Waals surface area contributed by atoms with Crippen molar-refractivity contribution >= 4 is 29.7 Å². The Morgan fingerprint density at radius 3 is 2.48 bits per heavy atom. The van der Waals surface area contributed by atoms with Gasteiger partial charge in [0.1, 0.15) is 5.69 Å². The summed E-state index contributed by atoms with van der Waals surface area (Å²) in [6, 6.07) is 6.71. The number of halogens is 1. The van der Waals surface area contributed by atoms with Gasteiger partial charge in [-0.05, 0) is 13.1 Å². The Bertz CT molecular complexity index is 504. The first-order valence-corrected chi connectivity index (χ1v) is 6.54. The molecule has 116 valence electrons. The first kappa shape index (κ1) is 17.2. The maximum atomic E-state index is 11.8. The Morgan fingerprint density at radius 2 is 1.90 bits per heavy atom. The van der Waals surface area contributed by atoms with Gasteiger partial charge in [0.15, 0.2) is 0 Å². The fraction of sp³-hybridized carbons (Fsp3) is 0.462. The van der Waals surface area contributed by atoms with E-state index >= 15 is 0 Å². The number of nitrogens with one attached hydrogen (secondary N) is 1. The van der Waals surface area contributed by atoms with Gasteiger partial charge in [0.05, 0.1) is 11.5 Å². The molecule has 1 amide bonds. The maximum absolute atomic E-state index is 11.8. The van der Waals surface area contributed by atoms with Crippen LogP contribution in [0.3, 0.4) is 0 Å². The Hall–Kier alpha value is -1.86. The van der Waals surface area contributed by atoms with Crippen molar-refractivity contribution in [3.8, 4) is 0 Å². The van der Waals surface area contributed by atoms with Gasteiger partial charge >= 0.3 is 0 Å². The molecular weight excluding hydrogens is 296 g/mol. The minimum Gasteiger partial charge on any atom is -0.362 e. The van der Waals surface area contributed by atoms with E-state index in [4.69, 9.17) is 0 Å². The summed E-state index contributed by atoms with van der Waals surface area (Å²) in [5.74, 6) is 0.0645. The molecule has 1 N–H and O–H groups in total. The van der Waals surface area contributed by atoms with Gasteiger partial charge in [-0.25, -0.2) is 0 Å². The highest BCUT2D eigenvalue weighted by Gasteiger charge is 2.24. The summed E-state index contributed by atoms with van der Waals surface area (Å²) < 4.78 is 0. The van der Waals surface area contributed by atoms with E-state index in [1.165, 1.54) is 6.07 Å². The van der Waals surface area contributed by atoms with Gasteiger partial charge in [0.25, 0.3) is 5.69 Å². The Labute approximate surface area is 129 Å². The average Bonchev–Trinajstić information content (AvgIpc) is 2.47. The summed E-state index contributed by atoms with van der Waals surface area (Å²) in [7, 11) is 1.74. The molecule has 0 atom stereocenters. The van der Waals surface area contributed by atoms with E-state index in [0.717, 1.165) is 0 Å². The van der Waals surface area contributed by atoms with Crippen molar-refractivity contribution in [3.05, 3.63) is 34.4 Å². The highest BCUT2D eigenvalue weighted by molar-refractivity contribution is 5.85. The van der Waals surface area contributed by atoms with Crippen LogP contribution in [-0.4, -0.2) is 55.5 Å². The number of likely N-dealkylation sites (N-methyl/N-ethyl adjacent to an activating group) is 1. The van der Waals surface area contributed by atoms with Crippen LogP contribution in [0.25, 0.3) is 0 Å². The van der Waals surface area contributed by atoms with Crippen LogP contribution in [0.15, 0.2) is 24.3 Å². The summed E-state index contributed by atoms with van der Waals surface area (Å²) in [6.45, 7) is 2.73. The Morgan fingerprint density at radius 1 is 1.29 bits per heavy atom. The van der Waals surface area contributed by atoms with Gasteiger partial charge in [-0.3, -0.25) is 14.9 Å². The smallest absolute Gasteiger partial charge is 0.292 e. The van der Waals surface area contributed by atoms with Crippen molar-refractivity contribution in [2.45, 2.75) is 0 Å². The van der Waals surface area contributed by atoms with Crippen LogP contribution in [0.1, 0.15) is 0 Å². The molecule has 1 aromatic rings. The van der Waals surface area contributed by atoms with Crippen molar-refractivity contribution in [1.29, 1.82) is 0 Å². The van der Waals surface area contributed by atoms with Crippen LogP contribution in [0.5, 0.6) is 0 Å². The second kappa shape index (κ2) is 7.80. The van der Waals surface area contributed by atoms with Gasteiger partial charge < -0.3 is 15.1 Å². The molecule has 1 aromatic carbocycles. The maximum Gasteiger partial charge on any atom is 0.292 e. The minimum absolute atomic E-state index is 0. The third-order valence-corrected chi connectivity index (χ3v) is 3.38. The number of carbonyl (C=O) groups excluding carboxylic acids is 1. The number of nitrogens with zero attached hydrogens (tertiary/aromatic N) is 3. The third kappa shape index (κ3) is 4.05. The van der Waals surface area contributed by atoms with Crippen molar-refractivity contribution in [3.63, 3.8) is 0 Å². The van der Waals surface area contributed by atoms with Gasteiger partial charge in [0.2, 0.25) is 5.91 Å². The highest BCUT2D eigenvalue weighted by atomic mass is 35.5. The molecule has 7 nitrogen and oxygen atoms in total. The first-order valence-electron chi connectivity index (χ1n) is 6.54. The topological polar surface area (TPSA) is 78.7 Å². The molecule has 8 heteroatoms. The van der Waals surface area contributed by atoms with E-state index in [-0.39, 0.29) is 28.9 Å². The van der Waals surface area contributed by atoms with E-state index in [9.17, 15) is 14.9 Å². The summed E-state index contributed by atoms with van der Waals surface area (Å²) >= 11 is 0. The van der Waals surface area contributed by atoms with Crippen molar-refractivity contribution in [2.24, 2.45) is 0 Å². The molecule has 1 aliphatic rings. The lowest BCUT2D eigenvalue weighted by atomic mass is 10.2. The molecule has 1 heterocycles. The predicted octanol–water partition coefficient (Wildman–Crippen LogP) is 0.885. The number of carbonyl (C=O) groups is 1. The zero-order valence-corrected chi connectivity index (χ0v) is 12.6. The van der Waals surface area contributed by atoms with Crippen LogP contribution in [-0.2, 0) is 4.79 Å². The molecule has 21 heavy (non-hydrogen) atoms. The predicted molar refractivity (Wildman–Crippen MR) is 83.1 cm³/mol. The number of hydrogen-bond acceptors (Lipinski definition) is 5. The number of rotatable bonds is 4. The number of benzene rings is 1. The average molecular weight is 315 g/mol. The van der Waals surface area contributed by atoms with Crippen molar-refractivity contribution in [2.75, 3.05) is 44.7 Å². The second-order valence-corrected chi connectivity index (χ2v) is 4.64.